The van der Waals surface area contributed by atoms with Crippen molar-refractivity contribution in [1.29, 1.82) is 0 Å². The van der Waals surface area contributed by atoms with E-state index in [4.69, 9.17) is 0 Å². The SMILES string of the molecule is Cc1cc(C)c(C(C)Nc2ccc(C)c(F)c2)c(C)n1. The summed E-state index contributed by atoms with van der Waals surface area (Å²) < 4.78 is 13.6. The van der Waals surface area contributed by atoms with Gasteiger partial charge in [0.05, 0.1) is 6.04 Å². The lowest BCUT2D eigenvalue weighted by atomic mass is 10.00. The highest BCUT2D eigenvalue weighted by Gasteiger charge is 2.13. The summed E-state index contributed by atoms with van der Waals surface area (Å²) in [6.45, 7) is 9.94. The first-order valence-corrected chi connectivity index (χ1v) is 6.86. The minimum absolute atomic E-state index is 0.0882. The van der Waals surface area contributed by atoms with Gasteiger partial charge in [0.25, 0.3) is 0 Å². The summed E-state index contributed by atoms with van der Waals surface area (Å²) in [4.78, 5) is 4.51. The number of hydrogen-bond acceptors (Lipinski definition) is 2. The van der Waals surface area contributed by atoms with E-state index in [9.17, 15) is 4.39 Å². The van der Waals surface area contributed by atoms with Crippen LogP contribution in [0.25, 0.3) is 0 Å². The van der Waals surface area contributed by atoms with E-state index in [-0.39, 0.29) is 11.9 Å². The van der Waals surface area contributed by atoms with Gasteiger partial charge in [0.1, 0.15) is 5.82 Å². The number of pyridine rings is 1. The lowest BCUT2D eigenvalue weighted by Crippen LogP contribution is -2.11. The molecule has 20 heavy (non-hydrogen) atoms. The van der Waals surface area contributed by atoms with Gasteiger partial charge in [0.2, 0.25) is 0 Å². The molecular formula is C17H21FN2. The van der Waals surface area contributed by atoms with Crippen LogP contribution in [0.5, 0.6) is 0 Å². The van der Waals surface area contributed by atoms with Crippen LogP contribution in [0.2, 0.25) is 0 Å². The van der Waals surface area contributed by atoms with Gasteiger partial charge in [-0.1, -0.05) is 6.07 Å². The molecule has 0 aliphatic carbocycles. The zero-order chi connectivity index (χ0) is 14.9. The van der Waals surface area contributed by atoms with Crippen LogP contribution < -0.4 is 5.32 Å². The van der Waals surface area contributed by atoms with E-state index in [1.54, 1.807) is 13.0 Å². The van der Waals surface area contributed by atoms with Gasteiger partial charge in [-0.25, -0.2) is 4.39 Å². The Bertz CT molecular complexity index is 612. The second-order valence-corrected chi connectivity index (χ2v) is 5.41. The predicted octanol–water partition coefficient (Wildman–Crippen LogP) is 4.63. The fraction of sp³-hybridized carbons (Fsp3) is 0.353. The van der Waals surface area contributed by atoms with Crippen molar-refractivity contribution in [1.82, 2.24) is 4.98 Å². The molecule has 1 heterocycles. The fourth-order valence-corrected chi connectivity index (χ4v) is 2.69. The molecule has 1 aromatic heterocycles. The lowest BCUT2D eigenvalue weighted by molar-refractivity contribution is 0.618. The van der Waals surface area contributed by atoms with Crippen molar-refractivity contribution in [3.8, 4) is 0 Å². The summed E-state index contributed by atoms with van der Waals surface area (Å²) in [5.41, 5.74) is 5.89. The molecule has 1 unspecified atom stereocenters. The Labute approximate surface area is 120 Å². The molecule has 0 bridgehead atoms. The van der Waals surface area contributed by atoms with Crippen molar-refractivity contribution >= 4 is 5.69 Å². The van der Waals surface area contributed by atoms with Crippen LogP contribution in [0, 0.1) is 33.5 Å². The number of aromatic nitrogens is 1. The van der Waals surface area contributed by atoms with Gasteiger partial charge in [-0.3, -0.25) is 4.98 Å². The van der Waals surface area contributed by atoms with Crippen LogP contribution in [0.3, 0.4) is 0 Å². The second kappa shape index (κ2) is 5.61. The molecule has 2 aromatic rings. The van der Waals surface area contributed by atoms with Crippen molar-refractivity contribution in [3.05, 3.63) is 58.2 Å². The summed E-state index contributed by atoms with van der Waals surface area (Å²) in [7, 11) is 0. The molecular weight excluding hydrogens is 251 g/mol. The maximum atomic E-state index is 13.6. The third-order valence-corrected chi connectivity index (χ3v) is 3.57. The van der Waals surface area contributed by atoms with Crippen molar-refractivity contribution < 1.29 is 4.39 Å². The van der Waals surface area contributed by atoms with Crippen LogP contribution >= 0.6 is 0 Å². The van der Waals surface area contributed by atoms with Crippen LogP contribution in [-0.4, -0.2) is 4.98 Å². The number of benzene rings is 1. The smallest absolute Gasteiger partial charge is 0.128 e. The third-order valence-electron chi connectivity index (χ3n) is 3.57. The number of hydrogen-bond donors (Lipinski definition) is 1. The molecule has 0 aliphatic rings. The minimum atomic E-state index is -0.183. The van der Waals surface area contributed by atoms with E-state index in [0.29, 0.717) is 5.56 Å². The summed E-state index contributed by atoms with van der Waals surface area (Å²) in [6.07, 6.45) is 0. The molecule has 106 valence electrons. The molecule has 3 heteroatoms. The molecule has 0 fully saturated rings. The molecule has 1 aromatic carbocycles. The number of nitrogens with one attached hydrogen (secondary N) is 1. The van der Waals surface area contributed by atoms with Crippen molar-refractivity contribution in [2.75, 3.05) is 5.32 Å². The van der Waals surface area contributed by atoms with Gasteiger partial charge in [-0.05, 0) is 69.5 Å². The Kier molecular flexibility index (Phi) is 4.07. The topological polar surface area (TPSA) is 24.9 Å². The van der Waals surface area contributed by atoms with E-state index in [2.05, 4.69) is 30.2 Å². The van der Waals surface area contributed by atoms with E-state index >= 15 is 0 Å². The summed E-state index contributed by atoms with van der Waals surface area (Å²) in [6, 6.07) is 7.40. The van der Waals surface area contributed by atoms with Crippen molar-refractivity contribution in [3.63, 3.8) is 0 Å². The fourth-order valence-electron chi connectivity index (χ4n) is 2.69. The molecule has 0 aliphatic heterocycles. The normalized spacial score (nSPS) is 12.3. The first kappa shape index (κ1) is 14.5. The average molecular weight is 272 g/mol. The Morgan fingerprint density at radius 2 is 1.75 bits per heavy atom. The summed E-state index contributed by atoms with van der Waals surface area (Å²) in [5.74, 6) is -0.183. The first-order chi connectivity index (χ1) is 9.38. The average Bonchev–Trinajstić information content (AvgIpc) is 2.32. The van der Waals surface area contributed by atoms with Gasteiger partial charge in [0, 0.05) is 17.1 Å². The standard InChI is InChI=1S/C17H21FN2/c1-10-6-7-15(9-16(10)18)20-14(5)17-11(2)8-12(3)19-13(17)4/h6-9,14,20H,1-5H3. The van der Waals surface area contributed by atoms with Crippen LogP contribution in [0.15, 0.2) is 24.3 Å². The van der Waals surface area contributed by atoms with Gasteiger partial charge in [-0.2, -0.15) is 0 Å². The summed E-state index contributed by atoms with van der Waals surface area (Å²) in [5, 5.41) is 3.35. The third kappa shape index (κ3) is 2.98. The monoisotopic (exact) mass is 272 g/mol. The number of rotatable bonds is 3. The highest BCUT2D eigenvalue weighted by molar-refractivity contribution is 5.48. The van der Waals surface area contributed by atoms with E-state index in [1.807, 2.05) is 19.9 Å². The maximum Gasteiger partial charge on any atom is 0.128 e. The van der Waals surface area contributed by atoms with E-state index < -0.39 is 0 Å². The number of anilines is 1. The van der Waals surface area contributed by atoms with Crippen molar-refractivity contribution in [2.24, 2.45) is 0 Å². The van der Waals surface area contributed by atoms with Gasteiger partial charge >= 0.3 is 0 Å². The van der Waals surface area contributed by atoms with Crippen LogP contribution in [-0.2, 0) is 0 Å². The van der Waals surface area contributed by atoms with Gasteiger partial charge in [-0.15, -0.1) is 0 Å². The Hall–Kier alpha value is -1.90. The largest absolute Gasteiger partial charge is 0.378 e. The highest BCUT2D eigenvalue weighted by Crippen LogP contribution is 2.25. The highest BCUT2D eigenvalue weighted by atomic mass is 19.1. The molecule has 0 spiro atoms. The van der Waals surface area contributed by atoms with Gasteiger partial charge in [0.15, 0.2) is 0 Å². The molecule has 2 nitrogen and oxygen atoms in total. The molecule has 0 radical (unpaired) electrons. The zero-order valence-corrected chi connectivity index (χ0v) is 12.7. The van der Waals surface area contributed by atoms with Crippen LogP contribution in [0.1, 0.15) is 41.0 Å². The first-order valence-electron chi connectivity index (χ1n) is 6.86. The molecule has 1 N–H and O–H groups in total. The number of nitrogens with zero attached hydrogens (tertiary/aromatic N) is 1. The molecule has 0 saturated carbocycles. The molecule has 1 atom stereocenters. The molecule has 0 saturated heterocycles. The second-order valence-electron chi connectivity index (χ2n) is 5.41. The number of halogens is 1. The zero-order valence-electron chi connectivity index (χ0n) is 12.7. The minimum Gasteiger partial charge on any atom is -0.378 e. The van der Waals surface area contributed by atoms with E-state index in [1.165, 1.54) is 17.2 Å². The van der Waals surface area contributed by atoms with Crippen molar-refractivity contribution in [2.45, 2.75) is 40.7 Å². The molecule has 0 amide bonds. The Morgan fingerprint density at radius 3 is 2.35 bits per heavy atom. The van der Waals surface area contributed by atoms with Gasteiger partial charge < -0.3 is 5.32 Å². The molecule has 2 rings (SSSR count). The quantitative estimate of drug-likeness (QED) is 0.881. The van der Waals surface area contributed by atoms with Crippen LogP contribution in [0.4, 0.5) is 10.1 Å². The Balaban J connectivity index is 2.28. The van der Waals surface area contributed by atoms with E-state index in [0.717, 1.165) is 17.1 Å². The maximum absolute atomic E-state index is 13.6. The Morgan fingerprint density at radius 1 is 1.05 bits per heavy atom. The summed E-state index contributed by atoms with van der Waals surface area (Å²) >= 11 is 0. The lowest BCUT2D eigenvalue weighted by Gasteiger charge is -2.20. The number of aryl methyl sites for hydroxylation is 4. The predicted molar refractivity (Wildman–Crippen MR) is 81.6 cm³/mol.